The van der Waals surface area contributed by atoms with Crippen LogP contribution in [0.15, 0.2) is 24.3 Å². The lowest BCUT2D eigenvalue weighted by molar-refractivity contribution is 0.170. The number of ether oxygens (including phenoxy) is 1. The van der Waals surface area contributed by atoms with E-state index in [-0.39, 0.29) is 0 Å². The monoisotopic (exact) mass is 290 g/mol. The minimum atomic E-state index is 0.380. The number of rotatable bonds is 9. The van der Waals surface area contributed by atoms with Gasteiger partial charge in [-0.25, -0.2) is 0 Å². The van der Waals surface area contributed by atoms with Crippen LogP contribution in [0.25, 0.3) is 0 Å². The Morgan fingerprint density at radius 1 is 1.33 bits per heavy atom. The van der Waals surface area contributed by atoms with E-state index in [2.05, 4.69) is 42.3 Å². The SMILES string of the molecule is CCNC(CN(CC)CC1CCC1)c1cccc(OC)c1. The molecule has 1 saturated carbocycles. The highest BCUT2D eigenvalue weighted by Gasteiger charge is 2.22. The van der Waals surface area contributed by atoms with E-state index < -0.39 is 0 Å². The van der Waals surface area contributed by atoms with Crippen LogP contribution in [-0.2, 0) is 0 Å². The summed E-state index contributed by atoms with van der Waals surface area (Å²) in [5, 5.41) is 3.63. The molecule has 1 fully saturated rings. The summed E-state index contributed by atoms with van der Waals surface area (Å²) in [6, 6.07) is 8.83. The van der Waals surface area contributed by atoms with Crippen LogP contribution in [0.3, 0.4) is 0 Å². The molecule has 1 aliphatic carbocycles. The molecule has 0 bridgehead atoms. The Labute approximate surface area is 129 Å². The molecule has 0 spiro atoms. The first-order chi connectivity index (χ1) is 10.3. The van der Waals surface area contributed by atoms with Gasteiger partial charge in [0.15, 0.2) is 0 Å². The van der Waals surface area contributed by atoms with Crippen molar-refractivity contribution < 1.29 is 4.74 Å². The quantitative estimate of drug-likeness (QED) is 0.753. The van der Waals surface area contributed by atoms with Gasteiger partial charge >= 0.3 is 0 Å². The molecule has 3 heteroatoms. The van der Waals surface area contributed by atoms with Gasteiger partial charge in [-0.05, 0) is 49.5 Å². The molecule has 0 heterocycles. The zero-order valence-corrected chi connectivity index (χ0v) is 13.8. The topological polar surface area (TPSA) is 24.5 Å². The normalized spacial score (nSPS) is 16.8. The Hall–Kier alpha value is -1.06. The molecule has 2 rings (SSSR count). The highest BCUT2D eigenvalue weighted by atomic mass is 16.5. The first kappa shape index (κ1) is 16.3. The van der Waals surface area contributed by atoms with Gasteiger partial charge in [-0.15, -0.1) is 0 Å². The van der Waals surface area contributed by atoms with Crippen LogP contribution in [-0.4, -0.2) is 38.2 Å². The number of hydrogen-bond acceptors (Lipinski definition) is 3. The number of nitrogens with one attached hydrogen (secondary N) is 1. The van der Waals surface area contributed by atoms with E-state index in [4.69, 9.17) is 4.74 Å². The van der Waals surface area contributed by atoms with Crippen molar-refractivity contribution in [2.75, 3.05) is 33.3 Å². The van der Waals surface area contributed by atoms with Crippen molar-refractivity contribution in [3.8, 4) is 5.75 Å². The van der Waals surface area contributed by atoms with Gasteiger partial charge < -0.3 is 15.0 Å². The zero-order valence-electron chi connectivity index (χ0n) is 13.8. The van der Waals surface area contributed by atoms with Crippen LogP contribution in [0.1, 0.15) is 44.7 Å². The lowest BCUT2D eigenvalue weighted by atomic mass is 9.85. The van der Waals surface area contributed by atoms with E-state index >= 15 is 0 Å². The molecule has 21 heavy (non-hydrogen) atoms. The highest BCUT2D eigenvalue weighted by Crippen LogP contribution is 2.28. The van der Waals surface area contributed by atoms with E-state index in [1.54, 1.807) is 7.11 Å². The summed E-state index contributed by atoms with van der Waals surface area (Å²) >= 11 is 0. The van der Waals surface area contributed by atoms with Crippen LogP contribution in [0, 0.1) is 5.92 Å². The van der Waals surface area contributed by atoms with Crippen molar-refractivity contribution >= 4 is 0 Å². The van der Waals surface area contributed by atoms with Crippen LogP contribution in [0.4, 0.5) is 0 Å². The Kier molecular flexibility index (Phi) is 6.52. The summed E-state index contributed by atoms with van der Waals surface area (Å²) in [7, 11) is 1.73. The predicted octanol–water partition coefficient (Wildman–Crippen LogP) is 3.47. The van der Waals surface area contributed by atoms with E-state index in [0.717, 1.165) is 31.3 Å². The van der Waals surface area contributed by atoms with Crippen molar-refractivity contribution in [3.05, 3.63) is 29.8 Å². The largest absolute Gasteiger partial charge is 0.497 e. The fraction of sp³-hybridized carbons (Fsp3) is 0.667. The first-order valence-electron chi connectivity index (χ1n) is 8.36. The van der Waals surface area contributed by atoms with Crippen LogP contribution in [0.2, 0.25) is 0 Å². The Balaban J connectivity index is 2.01. The summed E-state index contributed by atoms with van der Waals surface area (Å²) < 4.78 is 5.36. The molecule has 1 atom stereocenters. The second-order valence-electron chi connectivity index (χ2n) is 6.04. The lowest BCUT2D eigenvalue weighted by Crippen LogP contribution is -2.39. The molecule has 3 nitrogen and oxygen atoms in total. The minimum Gasteiger partial charge on any atom is -0.497 e. The van der Waals surface area contributed by atoms with E-state index in [0.29, 0.717) is 6.04 Å². The van der Waals surface area contributed by atoms with E-state index in [1.807, 2.05) is 6.07 Å². The third-order valence-electron chi connectivity index (χ3n) is 4.58. The second-order valence-corrected chi connectivity index (χ2v) is 6.04. The molecule has 1 aromatic rings. The van der Waals surface area contributed by atoms with E-state index in [9.17, 15) is 0 Å². The minimum absolute atomic E-state index is 0.380. The Morgan fingerprint density at radius 3 is 2.71 bits per heavy atom. The van der Waals surface area contributed by atoms with Crippen molar-refractivity contribution in [1.82, 2.24) is 10.2 Å². The molecule has 1 unspecified atom stereocenters. The van der Waals surface area contributed by atoms with E-state index in [1.165, 1.54) is 31.4 Å². The molecule has 0 aromatic heterocycles. The summed E-state index contributed by atoms with van der Waals surface area (Å²) in [5.41, 5.74) is 1.32. The van der Waals surface area contributed by atoms with Gasteiger partial charge in [-0.1, -0.05) is 32.4 Å². The molecule has 0 amide bonds. The van der Waals surface area contributed by atoms with Gasteiger partial charge in [0.25, 0.3) is 0 Å². The molecule has 118 valence electrons. The fourth-order valence-corrected chi connectivity index (χ4v) is 3.02. The third kappa shape index (κ3) is 4.72. The van der Waals surface area contributed by atoms with Gasteiger partial charge in [0.1, 0.15) is 5.75 Å². The number of likely N-dealkylation sites (N-methyl/N-ethyl adjacent to an activating group) is 2. The average molecular weight is 290 g/mol. The maximum atomic E-state index is 5.36. The molecule has 0 radical (unpaired) electrons. The van der Waals surface area contributed by atoms with Gasteiger partial charge in [0.05, 0.1) is 7.11 Å². The predicted molar refractivity (Wildman–Crippen MR) is 88.9 cm³/mol. The molecule has 1 aliphatic rings. The molecule has 1 aromatic carbocycles. The van der Waals surface area contributed by atoms with Crippen LogP contribution >= 0.6 is 0 Å². The maximum Gasteiger partial charge on any atom is 0.119 e. The second kappa shape index (κ2) is 8.40. The third-order valence-corrected chi connectivity index (χ3v) is 4.58. The molecular formula is C18H30N2O. The molecule has 1 N–H and O–H groups in total. The number of methoxy groups -OCH3 is 1. The van der Waals surface area contributed by atoms with Gasteiger partial charge in [0.2, 0.25) is 0 Å². The van der Waals surface area contributed by atoms with Gasteiger partial charge in [-0.2, -0.15) is 0 Å². The summed E-state index contributed by atoms with van der Waals surface area (Å²) in [5.74, 6) is 1.87. The lowest BCUT2D eigenvalue weighted by Gasteiger charge is -2.34. The van der Waals surface area contributed by atoms with Crippen molar-refractivity contribution in [1.29, 1.82) is 0 Å². The summed E-state index contributed by atoms with van der Waals surface area (Å²) in [6.45, 7) is 8.89. The molecule has 0 aliphatic heterocycles. The summed E-state index contributed by atoms with van der Waals surface area (Å²) in [6.07, 6.45) is 4.26. The van der Waals surface area contributed by atoms with Crippen molar-refractivity contribution in [3.63, 3.8) is 0 Å². The van der Waals surface area contributed by atoms with Crippen molar-refractivity contribution in [2.45, 2.75) is 39.2 Å². The Morgan fingerprint density at radius 2 is 2.14 bits per heavy atom. The fourth-order valence-electron chi connectivity index (χ4n) is 3.02. The number of nitrogens with zero attached hydrogens (tertiary/aromatic N) is 1. The Bertz CT molecular complexity index is 417. The number of benzene rings is 1. The van der Waals surface area contributed by atoms with Gasteiger partial charge in [0, 0.05) is 19.1 Å². The molecular weight excluding hydrogens is 260 g/mol. The summed E-state index contributed by atoms with van der Waals surface area (Å²) in [4.78, 5) is 2.59. The average Bonchev–Trinajstić information content (AvgIpc) is 2.48. The van der Waals surface area contributed by atoms with Crippen molar-refractivity contribution in [2.24, 2.45) is 5.92 Å². The van der Waals surface area contributed by atoms with Crippen LogP contribution < -0.4 is 10.1 Å². The maximum absolute atomic E-state index is 5.36. The highest BCUT2D eigenvalue weighted by molar-refractivity contribution is 5.30. The first-order valence-corrected chi connectivity index (χ1v) is 8.36. The van der Waals surface area contributed by atoms with Crippen LogP contribution in [0.5, 0.6) is 5.75 Å². The standard InChI is InChI=1S/C18H30N2O/c1-4-19-18(16-10-7-11-17(12-16)21-3)14-20(5-2)13-15-8-6-9-15/h7,10-12,15,18-19H,4-6,8-9,13-14H2,1-3H3. The zero-order chi connectivity index (χ0) is 15.1. The smallest absolute Gasteiger partial charge is 0.119 e. The number of hydrogen-bond donors (Lipinski definition) is 1. The molecule has 0 saturated heterocycles. The van der Waals surface area contributed by atoms with Gasteiger partial charge in [-0.3, -0.25) is 0 Å².